The van der Waals surface area contributed by atoms with Gasteiger partial charge in [0.15, 0.2) is 17.5 Å². The molecule has 2 aromatic rings. The van der Waals surface area contributed by atoms with Crippen LogP contribution in [0.15, 0.2) is 36.5 Å². The fourth-order valence-corrected chi connectivity index (χ4v) is 3.19. The van der Waals surface area contributed by atoms with Gasteiger partial charge in [0.2, 0.25) is 0 Å². The monoisotopic (exact) mass is 363 g/mol. The van der Waals surface area contributed by atoms with Crippen LogP contribution in [0.2, 0.25) is 0 Å². The van der Waals surface area contributed by atoms with Crippen molar-refractivity contribution in [1.82, 2.24) is 15.2 Å². The molecule has 1 atom stereocenters. The molecule has 0 aliphatic carbocycles. The molecule has 4 nitrogen and oxygen atoms in total. The molecule has 0 saturated carbocycles. The summed E-state index contributed by atoms with van der Waals surface area (Å²) in [6, 6.07) is 6.80. The van der Waals surface area contributed by atoms with E-state index in [0.717, 1.165) is 44.5 Å². The summed E-state index contributed by atoms with van der Waals surface area (Å²) in [6.07, 6.45) is 4.02. The van der Waals surface area contributed by atoms with Crippen LogP contribution in [0.1, 0.15) is 35.3 Å². The number of hydrogen-bond acceptors (Lipinski definition) is 3. The van der Waals surface area contributed by atoms with Crippen LogP contribution in [0, 0.1) is 17.5 Å². The van der Waals surface area contributed by atoms with Gasteiger partial charge in [-0.1, -0.05) is 6.07 Å². The molecule has 1 aliphatic heterocycles. The molecule has 1 saturated heterocycles. The highest BCUT2D eigenvalue weighted by Gasteiger charge is 2.27. The van der Waals surface area contributed by atoms with Crippen molar-refractivity contribution < 1.29 is 18.0 Å². The molecular formula is C19H20F3N3O. The second kappa shape index (κ2) is 8.31. The lowest BCUT2D eigenvalue weighted by Crippen LogP contribution is -2.40. The maximum Gasteiger partial charge on any atom is 0.254 e. The Labute approximate surface area is 150 Å². The van der Waals surface area contributed by atoms with Crippen LogP contribution in [-0.4, -0.2) is 34.9 Å². The molecule has 3 rings (SSSR count). The van der Waals surface area contributed by atoms with Crippen molar-refractivity contribution in [1.29, 1.82) is 0 Å². The predicted octanol–water partition coefficient (Wildman–Crippen LogP) is 3.28. The smallest absolute Gasteiger partial charge is 0.254 e. The van der Waals surface area contributed by atoms with Gasteiger partial charge >= 0.3 is 0 Å². The zero-order chi connectivity index (χ0) is 18.5. The minimum Gasteiger partial charge on any atom is -0.330 e. The highest BCUT2D eigenvalue weighted by atomic mass is 19.2. The van der Waals surface area contributed by atoms with E-state index in [1.54, 1.807) is 23.2 Å². The van der Waals surface area contributed by atoms with Crippen LogP contribution in [0.5, 0.6) is 0 Å². The average molecular weight is 363 g/mol. The molecule has 2 heterocycles. The summed E-state index contributed by atoms with van der Waals surface area (Å²) in [5.74, 6) is -4.83. The van der Waals surface area contributed by atoms with Crippen LogP contribution in [0.3, 0.4) is 0 Å². The van der Waals surface area contributed by atoms with E-state index in [-0.39, 0.29) is 18.2 Å². The summed E-state index contributed by atoms with van der Waals surface area (Å²) in [7, 11) is 0. The van der Waals surface area contributed by atoms with Crippen molar-refractivity contribution in [3.8, 4) is 0 Å². The van der Waals surface area contributed by atoms with E-state index >= 15 is 0 Å². The van der Waals surface area contributed by atoms with E-state index in [1.165, 1.54) is 0 Å². The lowest BCUT2D eigenvalue weighted by molar-refractivity contribution is 0.0641. The van der Waals surface area contributed by atoms with Crippen molar-refractivity contribution in [2.75, 3.05) is 13.1 Å². The summed E-state index contributed by atoms with van der Waals surface area (Å²) in [4.78, 5) is 18.8. The summed E-state index contributed by atoms with van der Waals surface area (Å²) < 4.78 is 40.4. The molecule has 138 valence electrons. The van der Waals surface area contributed by atoms with E-state index < -0.39 is 23.4 Å². The number of aromatic nitrogens is 1. The van der Waals surface area contributed by atoms with Crippen molar-refractivity contribution in [2.24, 2.45) is 0 Å². The van der Waals surface area contributed by atoms with Gasteiger partial charge in [0, 0.05) is 17.8 Å². The Bertz CT molecular complexity index is 739. The lowest BCUT2D eigenvalue weighted by Gasteiger charge is -2.31. The SMILES string of the molecule is O=C(c1cc(F)c(F)c(F)c1)N(Cc1ccccn1)C1CCCNCC1. The van der Waals surface area contributed by atoms with Gasteiger partial charge in [0.1, 0.15) is 0 Å². The number of nitrogens with one attached hydrogen (secondary N) is 1. The molecule has 1 fully saturated rings. The largest absolute Gasteiger partial charge is 0.330 e. The van der Waals surface area contributed by atoms with E-state index in [2.05, 4.69) is 10.3 Å². The second-order valence-corrected chi connectivity index (χ2v) is 6.34. The molecule has 0 spiro atoms. The Morgan fingerprint density at radius 1 is 1.15 bits per heavy atom. The van der Waals surface area contributed by atoms with Gasteiger partial charge in [-0.2, -0.15) is 0 Å². The van der Waals surface area contributed by atoms with Crippen LogP contribution >= 0.6 is 0 Å². The number of hydrogen-bond donors (Lipinski definition) is 1. The van der Waals surface area contributed by atoms with Gasteiger partial charge in [0.05, 0.1) is 12.2 Å². The molecule has 0 radical (unpaired) electrons. The molecule has 26 heavy (non-hydrogen) atoms. The van der Waals surface area contributed by atoms with E-state index in [1.807, 2.05) is 6.07 Å². The van der Waals surface area contributed by atoms with Gasteiger partial charge in [-0.3, -0.25) is 9.78 Å². The number of pyridine rings is 1. The summed E-state index contributed by atoms with van der Waals surface area (Å²) in [6.45, 7) is 1.84. The standard InChI is InChI=1S/C19H20F3N3O/c20-16-10-13(11-17(21)18(16)22)19(26)25(12-14-4-1-2-8-24-14)15-5-3-7-23-9-6-15/h1-2,4,8,10-11,15,23H,3,5-7,9,12H2. The molecular weight excluding hydrogens is 343 g/mol. The summed E-state index contributed by atoms with van der Waals surface area (Å²) in [5.41, 5.74) is 0.482. The van der Waals surface area contributed by atoms with E-state index in [4.69, 9.17) is 0 Å². The summed E-state index contributed by atoms with van der Waals surface area (Å²) in [5, 5.41) is 3.28. The van der Waals surface area contributed by atoms with Gasteiger partial charge in [-0.05, 0) is 56.6 Å². The highest BCUT2D eigenvalue weighted by Crippen LogP contribution is 2.21. The zero-order valence-electron chi connectivity index (χ0n) is 14.2. The Balaban J connectivity index is 1.92. The van der Waals surface area contributed by atoms with Crippen molar-refractivity contribution in [3.63, 3.8) is 0 Å². The Morgan fingerprint density at radius 3 is 2.62 bits per heavy atom. The molecule has 1 amide bonds. The maximum atomic E-state index is 13.6. The van der Waals surface area contributed by atoms with Gasteiger partial charge < -0.3 is 10.2 Å². The number of carbonyl (C=O) groups is 1. The highest BCUT2D eigenvalue weighted by molar-refractivity contribution is 5.94. The van der Waals surface area contributed by atoms with Crippen LogP contribution in [0.25, 0.3) is 0 Å². The molecule has 1 N–H and O–H groups in total. The Kier molecular flexibility index (Phi) is 5.88. The van der Waals surface area contributed by atoms with Crippen LogP contribution < -0.4 is 5.32 Å². The van der Waals surface area contributed by atoms with Crippen molar-refractivity contribution >= 4 is 5.91 Å². The number of carbonyl (C=O) groups excluding carboxylic acids is 1. The van der Waals surface area contributed by atoms with Crippen LogP contribution in [-0.2, 0) is 6.54 Å². The Hall–Kier alpha value is -2.41. The zero-order valence-corrected chi connectivity index (χ0v) is 14.2. The first-order chi connectivity index (χ1) is 12.6. The minimum absolute atomic E-state index is 0.0873. The molecule has 7 heteroatoms. The minimum atomic E-state index is -1.57. The molecule has 1 aliphatic rings. The fraction of sp³-hybridized carbons (Fsp3) is 0.368. The Morgan fingerprint density at radius 2 is 1.92 bits per heavy atom. The molecule has 1 aromatic heterocycles. The van der Waals surface area contributed by atoms with Gasteiger partial charge in [-0.15, -0.1) is 0 Å². The number of benzene rings is 1. The van der Waals surface area contributed by atoms with Crippen molar-refractivity contribution in [2.45, 2.75) is 31.8 Å². The summed E-state index contributed by atoms with van der Waals surface area (Å²) >= 11 is 0. The third-order valence-corrected chi connectivity index (χ3v) is 4.54. The van der Waals surface area contributed by atoms with E-state index in [0.29, 0.717) is 5.69 Å². The number of nitrogens with zero attached hydrogens (tertiary/aromatic N) is 2. The third-order valence-electron chi connectivity index (χ3n) is 4.54. The number of amides is 1. The molecule has 1 aromatic carbocycles. The molecule has 1 unspecified atom stereocenters. The van der Waals surface area contributed by atoms with E-state index in [9.17, 15) is 18.0 Å². The average Bonchev–Trinajstić information content (AvgIpc) is 2.93. The van der Waals surface area contributed by atoms with Crippen molar-refractivity contribution in [3.05, 3.63) is 65.2 Å². The third kappa shape index (κ3) is 4.22. The van der Waals surface area contributed by atoms with Gasteiger partial charge in [-0.25, -0.2) is 13.2 Å². The predicted molar refractivity (Wildman–Crippen MR) is 90.9 cm³/mol. The van der Waals surface area contributed by atoms with Gasteiger partial charge in [0.25, 0.3) is 5.91 Å². The second-order valence-electron chi connectivity index (χ2n) is 6.34. The fourth-order valence-electron chi connectivity index (χ4n) is 3.19. The topological polar surface area (TPSA) is 45.2 Å². The first-order valence-electron chi connectivity index (χ1n) is 8.62. The first kappa shape index (κ1) is 18.4. The molecule has 0 bridgehead atoms. The normalized spacial score (nSPS) is 17.6. The lowest BCUT2D eigenvalue weighted by atomic mass is 10.0. The number of rotatable bonds is 4. The number of halogens is 3. The first-order valence-corrected chi connectivity index (χ1v) is 8.62. The quantitative estimate of drug-likeness (QED) is 0.848. The maximum absolute atomic E-state index is 13.6. The van der Waals surface area contributed by atoms with Crippen LogP contribution in [0.4, 0.5) is 13.2 Å².